The monoisotopic (exact) mass is 498 g/mol. The van der Waals surface area contributed by atoms with Crippen LogP contribution in [0, 0.1) is 10.8 Å². The second kappa shape index (κ2) is 11.5. The van der Waals surface area contributed by atoms with E-state index < -0.39 is 39.3 Å². The molecule has 0 bridgehead atoms. The first kappa shape index (κ1) is 33.9. The Labute approximate surface area is 215 Å². The molecule has 0 aromatic rings. The highest BCUT2D eigenvalue weighted by Crippen LogP contribution is 2.45. The summed E-state index contributed by atoms with van der Waals surface area (Å²) in [4.78, 5) is 39.4. The lowest BCUT2D eigenvalue weighted by Crippen LogP contribution is -2.56. The smallest absolute Gasteiger partial charge is 0.192 e. The lowest BCUT2D eigenvalue weighted by atomic mass is 9.63. The zero-order valence-electron chi connectivity index (χ0n) is 25.4. The minimum Gasteiger partial charge on any atom is -0.368 e. The van der Waals surface area contributed by atoms with Gasteiger partial charge in [-0.2, -0.15) is 0 Å². The summed E-state index contributed by atoms with van der Waals surface area (Å²) in [7, 11) is 0. The fraction of sp³-hybridized carbons (Fsp3) is 0.897. The average molecular weight is 499 g/mol. The Morgan fingerprint density at radius 3 is 1.66 bits per heavy atom. The number of hydrogen-bond acceptors (Lipinski definition) is 6. The summed E-state index contributed by atoms with van der Waals surface area (Å²) in [5, 5.41) is 0. The number of ether oxygens (including phenoxy) is 3. The van der Waals surface area contributed by atoms with Crippen molar-refractivity contribution in [3.05, 3.63) is 0 Å². The van der Waals surface area contributed by atoms with Crippen molar-refractivity contribution >= 4 is 17.3 Å². The van der Waals surface area contributed by atoms with E-state index in [0.29, 0.717) is 25.9 Å². The molecule has 0 saturated heterocycles. The third-order valence-corrected chi connectivity index (χ3v) is 7.68. The summed E-state index contributed by atoms with van der Waals surface area (Å²) < 4.78 is 18.3. The van der Waals surface area contributed by atoms with Gasteiger partial charge in [0, 0.05) is 18.4 Å². The summed E-state index contributed by atoms with van der Waals surface area (Å²) in [6.07, 6.45) is 0.751. The van der Waals surface area contributed by atoms with Crippen molar-refractivity contribution in [2.24, 2.45) is 10.8 Å². The van der Waals surface area contributed by atoms with Crippen molar-refractivity contribution in [3.8, 4) is 0 Å². The van der Waals surface area contributed by atoms with Crippen LogP contribution in [-0.2, 0) is 28.6 Å². The van der Waals surface area contributed by atoms with Crippen molar-refractivity contribution < 1.29 is 28.6 Å². The molecule has 35 heavy (non-hydrogen) atoms. The van der Waals surface area contributed by atoms with E-state index in [1.807, 2.05) is 69.2 Å². The Kier molecular flexibility index (Phi) is 11.2. The third-order valence-electron chi connectivity index (χ3n) is 7.68. The SMILES string of the molecule is CCOC(C)(C)C(=O)C(C)OC(C)(C)C(C)(C)C(=O)C(C)(C)CC(C)(CC)OC(C)(C)C(=O)CC. The molecular weight excluding hydrogens is 444 g/mol. The zero-order chi connectivity index (χ0) is 28.3. The van der Waals surface area contributed by atoms with Gasteiger partial charge >= 0.3 is 0 Å². The molecule has 2 atom stereocenters. The molecule has 6 nitrogen and oxygen atoms in total. The van der Waals surface area contributed by atoms with E-state index in [9.17, 15) is 14.4 Å². The summed E-state index contributed by atoms with van der Waals surface area (Å²) in [6.45, 7) is 28.2. The van der Waals surface area contributed by atoms with Gasteiger partial charge in [0.2, 0.25) is 0 Å². The van der Waals surface area contributed by atoms with E-state index >= 15 is 0 Å². The number of carbonyl (C=O) groups is 3. The molecule has 0 amide bonds. The Bertz CT molecular complexity index is 759. The van der Waals surface area contributed by atoms with E-state index in [0.717, 1.165) is 0 Å². The zero-order valence-corrected chi connectivity index (χ0v) is 25.4. The van der Waals surface area contributed by atoms with Crippen molar-refractivity contribution in [3.63, 3.8) is 0 Å². The molecule has 0 N–H and O–H groups in total. The van der Waals surface area contributed by atoms with Crippen LogP contribution >= 0.6 is 0 Å². The van der Waals surface area contributed by atoms with Gasteiger partial charge in [-0.25, -0.2) is 0 Å². The van der Waals surface area contributed by atoms with Gasteiger partial charge in [-0.15, -0.1) is 0 Å². The van der Waals surface area contributed by atoms with E-state index in [1.165, 1.54) is 0 Å². The van der Waals surface area contributed by atoms with E-state index in [2.05, 4.69) is 0 Å². The standard InChI is InChI=1S/C29H54O6/c1-16-21(30)26(9,10)35-29(15,17-2)19-24(5,6)23(32)25(7,8)28(13,14)34-20(4)22(31)27(11,12)33-18-3/h20H,16-19H2,1-15H3. The molecule has 0 aliphatic carbocycles. The molecule has 0 rings (SSSR count). The molecule has 0 aromatic heterocycles. The summed E-state index contributed by atoms with van der Waals surface area (Å²) in [5.74, 6) is -0.115. The Morgan fingerprint density at radius 1 is 0.771 bits per heavy atom. The van der Waals surface area contributed by atoms with E-state index in [-0.39, 0.29) is 17.3 Å². The average Bonchev–Trinajstić information content (AvgIpc) is 2.70. The van der Waals surface area contributed by atoms with Crippen molar-refractivity contribution in [1.29, 1.82) is 0 Å². The molecular formula is C29H54O6. The van der Waals surface area contributed by atoms with Gasteiger partial charge in [0.05, 0.1) is 16.6 Å². The van der Waals surface area contributed by atoms with Gasteiger partial charge in [-0.05, 0) is 75.2 Å². The fourth-order valence-corrected chi connectivity index (χ4v) is 5.03. The lowest BCUT2D eigenvalue weighted by Gasteiger charge is -2.48. The topological polar surface area (TPSA) is 78.9 Å². The first-order valence-electron chi connectivity index (χ1n) is 13.1. The van der Waals surface area contributed by atoms with Gasteiger partial charge in [0.25, 0.3) is 0 Å². The molecule has 2 unspecified atom stereocenters. The predicted octanol–water partition coefficient (Wildman–Crippen LogP) is 6.51. The molecule has 0 heterocycles. The minimum absolute atomic E-state index is 0.0154. The third kappa shape index (κ3) is 8.19. The second-order valence-corrected chi connectivity index (χ2v) is 12.8. The van der Waals surface area contributed by atoms with Gasteiger partial charge in [-0.1, -0.05) is 41.5 Å². The maximum atomic E-state index is 14.0. The molecule has 0 fully saturated rings. The van der Waals surface area contributed by atoms with Crippen molar-refractivity contribution in [2.75, 3.05) is 6.61 Å². The first-order valence-corrected chi connectivity index (χ1v) is 13.1. The van der Waals surface area contributed by atoms with Crippen molar-refractivity contribution in [2.45, 2.75) is 152 Å². The van der Waals surface area contributed by atoms with Crippen LogP contribution in [0.2, 0.25) is 0 Å². The normalized spacial score (nSPS) is 16.5. The number of Topliss-reactive ketones (excluding diaryl/α,β-unsaturated/α-hetero) is 3. The molecule has 0 spiro atoms. The highest BCUT2D eigenvalue weighted by molar-refractivity contribution is 5.91. The maximum Gasteiger partial charge on any atom is 0.192 e. The first-order chi connectivity index (χ1) is 15.5. The van der Waals surface area contributed by atoms with Crippen LogP contribution in [0.1, 0.15) is 123 Å². The van der Waals surface area contributed by atoms with Crippen LogP contribution < -0.4 is 0 Å². The van der Waals surface area contributed by atoms with Crippen LogP contribution in [0.4, 0.5) is 0 Å². The van der Waals surface area contributed by atoms with Crippen molar-refractivity contribution in [1.82, 2.24) is 0 Å². The predicted molar refractivity (Wildman–Crippen MR) is 142 cm³/mol. The quantitative estimate of drug-likeness (QED) is 0.241. The summed E-state index contributed by atoms with van der Waals surface area (Å²) >= 11 is 0. The summed E-state index contributed by atoms with van der Waals surface area (Å²) in [6, 6.07) is 0. The Morgan fingerprint density at radius 2 is 1.26 bits per heavy atom. The number of ketones is 3. The molecule has 0 saturated carbocycles. The fourth-order valence-electron chi connectivity index (χ4n) is 5.03. The largest absolute Gasteiger partial charge is 0.368 e. The summed E-state index contributed by atoms with van der Waals surface area (Å²) in [5.41, 5.74) is -5.18. The number of rotatable bonds is 16. The van der Waals surface area contributed by atoms with E-state index in [1.54, 1.807) is 34.6 Å². The molecule has 206 valence electrons. The molecule has 0 aliphatic heterocycles. The van der Waals surface area contributed by atoms with Crippen LogP contribution in [0.15, 0.2) is 0 Å². The van der Waals surface area contributed by atoms with Crippen LogP contribution in [0.3, 0.4) is 0 Å². The van der Waals surface area contributed by atoms with Crippen LogP contribution in [0.25, 0.3) is 0 Å². The maximum absolute atomic E-state index is 14.0. The minimum atomic E-state index is -0.972. The second-order valence-electron chi connectivity index (χ2n) is 12.8. The Balaban J connectivity index is 5.88. The number of carbonyl (C=O) groups excluding carboxylic acids is 3. The molecule has 0 aromatic carbocycles. The molecule has 6 heteroatoms. The van der Waals surface area contributed by atoms with Gasteiger partial charge in [0.15, 0.2) is 11.6 Å². The van der Waals surface area contributed by atoms with Crippen LogP contribution in [-0.4, -0.2) is 52.5 Å². The Hall–Kier alpha value is -1.11. The number of hydrogen-bond donors (Lipinski definition) is 0. The molecule has 0 aliphatic rings. The lowest BCUT2D eigenvalue weighted by molar-refractivity contribution is -0.186. The van der Waals surface area contributed by atoms with Gasteiger partial charge in [0.1, 0.15) is 23.1 Å². The highest BCUT2D eigenvalue weighted by Gasteiger charge is 2.52. The van der Waals surface area contributed by atoms with Gasteiger partial charge in [-0.3, -0.25) is 14.4 Å². The highest BCUT2D eigenvalue weighted by atomic mass is 16.5. The van der Waals surface area contributed by atoms with Gasteiger partial charge < -0.3 is 14.2 Å². The van der Waals surface area contributed by atoms with E-state index in [4.69, 9.17) is 14.2 Å². The van der Waals surface area contributed by atoms with Crippen LogP contribution in [0.5, 0.6) is 0 Å². The molecule has 0 radical (unpaired) electrons.